The summed E-state index contributed by atoms with van der Waals surface area (Å²) in [7, 11) is 0. The van der Waals surface area contributed by atoms with E-state index in [1.807, 2.05) is 55.5 Å². The molecule has 0 spiro atoms. The lowest BCUT2D eigenvalue weighted by Crippen LogP contribution is -2.29. The van der Waals surface area contributed by atoms with Crippen molar-refractivity contribution >= 4 is 29.1 Å². The maximum absolute atomic E-state index is 13.0. The van der Waals surface area contributed by atoms with Crippen molar-refractivity contribution < 1.29 is 14.4 Å². The van der Waals surface area contributed by atoms with Crippen LogP contribution in [0.3, 0.4) is 0 Å². The molecule has 2 N–H and O–H groups in total. The van der Waals surface area contributed by atoms with Gasteiger partial charge in [-0.05, 0) is 54.3 Å². The fourth-order valence-electron chi connectivity index (χ4n) is 4.15. The van der Waals surface area contributed by atoms with Crippen LogP contribution in [0.25, 0.3) is 0 Å². The Balaban J connectivity index is 1.42. The van der Waals surface area contributed by atoms with Crippen molar-refractivity contribution in [2.45, 2.75) is 33.2 Å². The lowest BCUT2D eigenvalue weighted by Gasteiger charge is -2.17. The summed E-state index contributed by atoms with van der Waals surface area (Å²) >= 11 is 0. The largest absolute Gasteiger partial charge is 0.348 e. The van der Waals surface area contributed by atoms with Gasteiger partial charge >= 0.3 is 0 Å². The number of aryl methyl sites for hydroxylation is 2. The zero-order chi connectivity index (χ0) is 24.1. The van der Waals surface area contributed by atoms with Gasteiger partial charge in [-0.15, -0.1) is 0 Å². The molecule has 3 aromatic carbocycles. The second kappa shape index (κ2) is 10.3. The van der Waals surface area contributed by atoms with Gasteiger partial charge in [-0.3, -0.25) is 14.4 Å². The molecule has 1 fully saturated rings. The number of nitrogens with zero attached hydrogens (tertiary/aromatic N) is 1. The summed E-state index contributed by atoms with van der Waals surface area (Å²) < 4.78 is 0. The highest BCUT2D eigenvalue weighted by molar-refractivity contribution is 6.07. The van der Waals surface area contributed by atoms with Crippen molar-refractivity contribution in [2.75, 3.05) is 16.8 Å². The molecule has 6 nitrogen and oxygen atoms in total. The van der Waals surface area contributed by atoms with E-state index in [0.717, 1.165) is 23.2 Å². The fraction of sp³-hybridized carbons (Fsp3) is 0.250. The standard InChI is InChI=1S/C28H29N3O3/c1-3-20-12-14-23(15-13-20)31-18-22(16-26(31)32)27(33)30-25-11-7-6-10-24(25)28(34)29-17-21-9-5-4-8-19(21)2/h4-15,22H,3,16-18H2,1-2H3,(H,29,34)(H,30,33)/t22-/m1/s1. The van der Waals surface area contributed by atoms with Crippen LogP contribution in [0.15, 0.2) is 72.8 Å². The van der Waals surface area contributed by atoms with Crippen molar-refractivity contribution in [1.82, 2.24) is 5.32 Å². The first-order valence-corrected chi connectivity index (χ1v) is 11.6. The molecule has 6 heteroatoms. The van der Waals surface area contributed by atoms with Crippen molar-refractivity contribution in [3.05, 3.63) is 95.1 Å². The summed E-state index contributed by atoms with van der Waals surface area (Å²) in [4.78, 5) is 40.1. The van der Waals surface area contributed by atoms with Crippen LogP contribution in [0.4, 0.5) is 11.4 Å². The first-order valence-electron chi connectivity index (χ1n) is 11.6. The average molecular weight is 456 g/mol. The highest BCUT2D eigenvalue weighted by atomic mass is 16.2. The lowest BCUT2D eigenvalue weighted by atomic mass is 10.1. The number of hydrogen-bond donors (Lipinski definition) is 2. The highest BCUT2D eigenvalue weighted by Crippen LogP contribution is 2.27. The van der Waals surface area contributed by atoms with E-state index in [9.17, 15) is 14.4 Å². The van der Waals surface area contributed by atoms with E-state index in [2.05, 4.69) is 17.6 Å². The fourth-order valence-corrected chi connectivity index (χ4v) is 4.15. The van der Waals surface area contributed by atoms with E-state index in [0.29, 0.717) is 24.3 Å². The number of carbonyl (C=O) groups is 3. The monoisotopic (exact) mass is 455 g/mol. The van der Waals surface area contributed by atoms with Gasteiger partial charge in [0, 0.05) is 25.2 Å². The molecule has 0 aromatic heterocycles. The van der Waals surface area contributed by atoms with Crippen LogP contribution in [0.5, 0.6) is 0 Å². The van der Waals surface area contributed by atoms with Crippen LogP contribution in [-0.4, -0.2) is 24.3 Å². The summed E-state index contributed by atoms with van der Waals surface area (Å²) in [6.45, 7) is 4.80. The summed E-state index contributed by atoms with van der Waals surface area (Å²) in [5, 5.41) is 5.81. The minimum absolute atomic E-state index is 0.0753. The number of amides is 3. The average Bonchev–Trinajstić information content (AvgIpc) is 3.25. The number of nitrogens with one attached hydrogen (secondary N) is 2. The molecule has 3 amide bonds. The molecule has 0 aliphatic carbocycles. The molecule has 1 heterocycles. The molecule has 1 aliphatic rings. The molecule has 0 saturated carbocycles. The second-order valence-corrected chi connectivity index (χ2v) is 8.57. The number of benzene rings is 3. The van der Waals surface area contributed by atoms with E-state index in [-0.39, 0.29) is 24.1 Å². The van der Waals surface area contributed by atoms with Gasteiger partial charge < -0.3 is 15.5 Å². The zero-order valence-corrected chi connectivity index (χ0v) is 19.5. The third-order valence-corrected chi connectivity index (χ3v) is 6.28. The lowest BCUT2D eigenvalue weighted by molar-refractivity contribution is -0.122. The van der Waals surface area contributed by atoms with E-state index >= 15 is 0 Å². The topological polar surface area (TPSA) is 78.5 Å². The summed E-state index contributed by atoms with van der Waals surface area (Å²) in [5.41, 5.74) is 4.96. The van der Waals surface area contributed by atoms with Gasteiger partial charge in [-0.25, -0.2) is 0 Å². The van der Waals surface area contributed by atoms with Gasteiger partial charge in [0.25, 0.3) is 5.91 Å². The van der Waals surface area contributed by atoms with Crippen LogP contribution in [0, 0.1) is 12.8 Å². The van der Waals surface area contributed by atoms with Gasteiger partial charge in [0.15, 0.2) is 0 Å². The van der Waals surface area contributed by atoms with Crippen LogP contribution >= 0.6 is 0 Å². The van der Waals surface area contributed by atoms with Crippen LogP contribution in [0.1, 0.15) is 40.4 Å². The molecular weight excluding hydrogens is 426 g/mol. The Kier molecular flexibility index (Phi) is 7.07. The van der Waals surface area contributed by atoms with Crippen molar-refractivity contribution in [1.29, 1.82) is 0 Å². The Bertz CT molecular complexity index is 1200. The molecule has 1 aliphatic heterocycles. The zero-order valence-electron chi connectivity index (χ0n) is 19.5. The van der Waals surface area contributed by atoms with Crippen molar-refractivity contribution in [2.24, 2.45) is 5.92 Å². The number of para-hydroxylation sites is 1. The molecular formula is C28H29N3O3. The van der Waals surface area contributed by atoms with Gasteiger partial charge in [0.2, 0.25) is 11.8 Å². The van der Waals surface area contributed by atoms with E-state index in [4.69, 9.17) is 0 Å². The first-order chi connectivity index (χ1) is 16.5. The number of hydrogen-bond acceptors (Lipinski definition) is 3. The van der Waals surface area contributed by atoms with Gasteiger partial charge in [0.05, 0.1) is 17.2 Å². The smallest absolute Gasteiger partial charge is 0.253 e. The predicted octanol–water partition coefficient (Wildman–Crippen LogP) is 4.48. The number of rotatable bonds is 7. The molecule has 174 valence electrons. The molecule has 0 radical (unpaired) electrons. The predicted molar refractivity (Wildman–Crippen MR) is 134 cm³/mol. The third-order valence-electron chi connectivity index (χ3n) is 6.28. The van der Waals surface area contributed by atoms with E-state index < -0.39 is 5.92 Å². The number of carbonyl (C=O) groups excluding carboxylic acids is 3. The Morgan fingerprint density at radius 2 is 1.68 bits per heavy atom. The third kappa shape index (κ3) is 5.17. The summed E-state index contributed by atoms with van der Waals surface area (Å²) in [5.74, 6) is -1.09. The second-order valence-electron chi connectivity index (χ2n) is 8.57. The van der Waals surface area contributed by atoms with Gasteiger partial charge in [0.1, 0.15) is 0 Å². The van der Waals surface area contributed by atoms with Crippen LogP contribution < -0.4 is 15.5 Å². The molecule has 34 heavy (non-hydrogen) atoms. The van der Waals surface area contributed by atoms with Crippen LogP contribution in [0.2, 0.25) is 0 Å². The maximum atomic E-state index is 13.0. The first kappa shape index (κ1) is 23.2. The van der Waals surface area contributed by atoms with Crippen molar-refractivity contribution in [3.8, 4) is 0 Å². The Morgan fingerprint density at radius 3 is 2.41 bits per heavy atom. The molecule has 4 rings (SSSR count). The van der Waals surface area contributed by atoms with Gasteiger partial charge in [-0.1, -0.05) is 55.5 Å². The maximum Gasteiger partial charge on any atom is 0.253 e. The molecule has 1 saturated heterocycles. The van der Waals surface area contributed by atoms with Gasteiger partial charge in [-0.2, -0.15) is 0 Å². The Morgan fingerprint density at radius 1 is 0.971 bits per heavy atom. The minimum atomic E-state index is -0.485. The number of anilines is 2. The SMILES string of the molecule is CCc1ccc(N2C[C@H](C(=O)Nc3ccccc3C(=O)NCc3ccccc3C)CC2=O)cc1. The minimum Gasteiger partial charge on any atom is -0.348 e. The van der Waals surface area contributed by atoms with E-state index in [1.165, 1.54) is 5.56 Å². The molecule has 1 atom stereocenters. The quantitative estimate of drug-likeness (QED) is 0.551. The molecule has 0 unspecified atom stereocenters. The Hall–Kier alpha value is -3.93. The highest BCUT2D eigenvalue weighted by Gasteiger charge is 2.35. The van der Waals surface area contributed by atoms with Crippen molar-refractivity contribution in [3.63, 3.8) is 0 Å². The normalized spacial score (nSPS) is 15.3. The molecule has 3 aromatic rings. The summed E-state index contributed by atoms with van der Waals surface area (Å²) in [6.07, 6.45) is 1.07. The molecule has 0 bridgehead atoms. The van der Waals surface area contributed by atoms with E-state index in [1.54, 1.807) is 29.2 Å². The van der Waals surface area contributed by atoms with Crippen LogP contribution in [-0.2, 0) is 22.6 Å². The summed E-state index contributed by atoms with van der Waals surface area (Å²) in [6, 6.07) is 22.6. The Labute approximate surface area is 200 Å².